The maximum atomic E-state index is 13.3. The molecule has 0 aromatic carbocycles. The van der Waals surface area contributed by atoms with Crippen LogP contribution in [0.1, 0.15) is 5.69 Å². The number of anilines is 1. The van der Waals surface area contributed by atoms with Gasteiger partial charge < -0.3 is 31.6 Å². The van der Waals surface area contributed by atoms with Crippen LogP contribution in [0.5, 0.6) is 0 Å². The number of nitrogens with two attached hydrogens (primary N) is 2. The second kappa shape index (κ2) is 14.3. The normalized spacial score (nSPS) is 20.7. The Hall–Kier alpha value is -3.83. The zero-order valence-electron chi connectivity index (χ0n) is 23.0. The van der Waals surface area contributed by atoms with Crippen molar-refractivity contribution in [3.05, 3.63) is 57.7 Å². The van der Waals surface area contributed by atoms with Gasteiger partial charge in [-0.05, 0) is 17.7 Å². The Balaban J connectivity index is 1.27. The zero-order chi connectivity index (χ0) is 31.2. The summed E-state index contributed by atoms with van der Waals surface area (Å²) in [7, 11) is 0. The lowest BCUT2D eigenvalue weighted by Gasteiger charge is -2.49. The third kappa shape index (κ3) is 6.78. The highest BCUT2D eigenvalue weighted by Gasteiger charge is 2.54. The van der Waals surface area contributed by atoms with Gasteiger partial charge in [-0.1, -0.05) is 5.16 Å². The molecule has 1 aromatic rings. The van der Waals surface area contributed by atoms with E-state index in [-0.39, 0.29) is 35.4 Å². The Bertz CT molecular complexity index is 1520. The minimum atomic E-state index is -1.22. The number of thiazole rings is 1. The van der Waals surface area contributed by atoms with E-state index in [9.17, 15) is 19.5 Å². The summed E-state index contributed by atoms with van der Waals surface area (Å²) in [6.07, 6.45) is 7.54. The van der Waals surface area contributed by atoms with Crippen LogP contribution in [0.15, 0.2) is 57.2 Å². The summed E-state index contributed by atoms with van der Waals surface area (Å²) in [6.45, 7) is 0.962. The van der Waals surface area contributed by atoms with Crippen LogP contribution >= 0.6 is 46.6 Å². The van der Waals surface area contributed by atoms with Crippen LogP contribution in [0.4, 0.5) is 5.13 Å². The van der Waals surface area contributed by atoms with Crippen LogP contribution in [-0.2, 0) is 19.2 Å². The first-order chi connectivity index (χ1) is 21.3. The molecule has 0 aliphatic carbocycles. The number of oxime groups is 1. The molecule has 4 aliphatic rings. The minimum Gasteiger partial charge on any atom is -0.477 e. The molecule has 15 nitrogen and oxygen atoms in total. The summed E-state index contributed by atoms with van der Waals surface area (Å²) < 4.78 is 0. The second-order valence-corrected chi connectivity index (χ2v) is 13.5. The molecule has 0 radical (unpaired) electrons. The number of carbonyl (C=O) groups excluding carboxylic acids is 2. The van der Waals surface area contributed by atoms with Crippen LogP contribution < -0.4 is 22.2 Å². The maximum Gasteiger partial charge on any atom is 0.352 e. The van der Waals surface area contributed by atoms with Crippen molar-refractivity contribution < 1.29 is 24.3 Å². The molecule has 5 heterocycles. The second-order valence-electron chi connectivity index (χ2n) is 9.27. The van der Waals surface area contributed by atoms with Gasteiger partial charge >= 0.3 is 5.97 Å². The summed E-state index contributed by atoms with van der Waals surface area (Å²) in [6, 6.07) is 1.04. The average Bonchev–Trinajstić information content (AvgIpc) is 3.63. The predicted molar refractivity (Wildman–Crippen MR) is 170 cm³/mol. The number of hydrazine groups is 1. The Labute approximate surface area is 269 Å². The Kier molecular flexibility index (Phi) is 10.3. The van der Waals surface area contributed by atoms with Gasteiger partial charge in [0.1, 0.15) is 35.2 Å². The topological polar surface area (TPSA) is 216 Å². The lowest BCUT2D eigenvalue weighted by Crippen LogP contribution is -2.71. The summed E-state index contributed by atoms with van der Waals surface area (Å²) in [4.78, 5) is 51.5. The van der Waals surface area contributed by atoms with Crippen LogP contribution in [-0.4, -0.2) is 103 Å². The van der Waals surface area contributed by atoms with E-state index in [2.05, 4.69) is 20.9 Å². The molecule has 0 unspecified atom stereocenters. The van der Waals surface area contributed by atoms with Gasteiger partial charge in [0, 0.05) is 48.1 Å². The van der Waals surface area contributed by atoms with E-state index in [0.717, 1.165) is 27.9 Å². The van der Waals surface area contributed by atoms with Crippen LogP contribution in [0.2, 0.25) is 0 Å². The maximum absolute atomic E-state index is 13.3. The number of thioether (sulfide) groups is 3. The van der Waals surface area contributed by atoms with E-state index in [1.165, 1.54) is 28.4 Å². The third-order valence-corrected chi connectivity index (χ3v) is 10.2. The van der Waals surface area contributed by atoms with Crippen molar-refractivity contribution in [1.29, 1.82) is 5.26 Å². The molecule has 1 aromatic heterocycles. The molecule has 7 N–H and O–H groups in total. The van der Waals surface area contributed by atoms with Crippen LogP contribution in [0.25, 0.3) is 0 Å². The Morgan fingerprint density at radius 2 is 2.18 bits per heavy atom. The molecular weight excluding hydrogens is 649 g/mol. The Morgan fingerprint density at radius 3 is 2.91 bits per heavy atom. The van der Waals surface area contributed by atoms with Crippen molar-refractivity contribution in [2.24, 2.45) is 10.9 Å². The van der Waals surface area contributed by atoms with Gasteiger partial charge in [-0.15, -0.1) is 46.6 Å². The van der Waals surface area contributed by atoms with Crippen LogP contribution in [0.3, 0.4) is 0 Å². The number of amides is 2. The van der Waals surface area contributed by atoms with Gasteiger partial charge in [0.2, 0.25) is 0 Å². The molecule has 4 aliphatic heterocycles. The number of hydrogen-bond donors (Lipinski definition) is 5. The monoisotopic (exact) mass is 676 g/mol. The molecule has 0 spiro atoms. The number of nitrogen functional groups attached to an aromatic ring is 1. The van der Waals surface area contributed by atoms with E-state index in [0.29, 0.717) is 29.4 Å². The number of nitrogens with one attached hydrogen (secondary N) is 2. The highest BCUT2D eigenvalue weighted by atomic mass is 32.2. The smallest absolute Gasteiger partial charge is 0.352 e. The molecule has 2 atom stereocenters. The number of β-lactam (4-membered cyclic amide) rings is 1. The molecule has 232 valence electrons. The van der Waals surface area contributed by atoms with Crippen LogP contribution in [0, 0.1) is 11.3 Å². The average molecular weight is 677 g/mol. The van der Waals surface area contributed by atoms with Crippen molar-refractivity contribution in [3.63, 3.8) is 0 Å². The number of hydrogen-bond acceptors (Lipinski definition) is 16. The fraction of sp³-hybridized carbons (Fsp3) is 0.360. The molecule has 5 rings (SSSR count). The number of nitrogens with zero attached hydrogens (tertiary/aromatic N) is 6. The standard InChI is InChI=1S/C25H28N10O5S4/c26-3-8-41-10-7-40-32-18(15-13-44-25(28)29-15)21(36)30-19-22(37)35-20(24(38)39)14(12-43-23(19)35)11-33-5-6-34-17(33)2-1-16(31-34)42-9-4-27/h1-2,5-6,13,19,23,31H,4,7-12,27H2,(H2,28,29)(H,30,36)(H,38,39)/b32-18-/t19-,23+/m1/s1. The first-order valence-corrected chi connectivity index (χ1v) is 17.2. The van der Waals surface area contributed by atoms with Crippen molar-refractivity contribution in [1.82, 2.24) is 30.5 Å². The van der Waals surface area contributed by atoms with Gasteiger partial charge in [-0.3, -0.25) is 19.9 Å². The predicted octanol–water partition coefficient (Wildman–Crippen LogP) is 0.423. The first kappa shape index (κ1) is 31.6. The van der Waals surface area contributed by atoms with Gasteiger partial charge in [-0.2, -0.15) is 5.26 Å². The number of allylic oxidation sites excluding steroid dienone is 2. The number of carbonyl (C=O) groups is 3. The Morgan fingerprint density at radius 1 is 1.34 bits per heavy atom. The zero-order valence-corrected chi connectivity index (χ0v) is 26.3. The van der Waals surface area contributed by atoms with E-state index in [1.54, 1.807) is 17.1 Å². The summed E-state index contributed by atoms with van der Waals surface area (Å²) in [5, 5.41) is 29.3. The molecule has 1 saturated heterocycles. The number of aromatic nitrogens is 1. The SMILES string of the molecule is N#CCSCCO/N=C(\C(=O)N[C@@H]1C(=O)N2C(C(=O)O)=C(CN3C=CN4NC(SCCN)=CC=C34)CS[C@@H]12)c1csc(N)n1. The highest BCUT2D eigenvalue weighted by molar-refractivity contribution is 8.03. The highest BCUT2D eigenvalue weighted by Crippen LogP contribution is 2.41. The molecule has 2 amide bonds. The lowest BCUT2D eigenvalue weighted by molar-refractivity contribution is -0.150. The fourth-order valence-electron chi connectivity index (χ4n) is 4.54. The molecule has 0 bridgehead atoms. The van der Waals surface area contributed by atoms with Crippen molar-refractivity contribution >= 4 is 75.2 Å². The number of carboxylic acid groups (broad SMARTS) is 1. The van der Waals surface area contributed by atoms with Gasteiger partial charge in [0.25, 0.3) is 11.8 Å². The number of fused-ring (bicyclic) bond motifs is 2. The van der Waals surface area contributed by atoms with E-state index in [4.69, 9.17) is 21.6 Å². The van der Waals surface area contributed by atoms with E-state index >= 15 is 0 Å². The summed E-state index contributed by atoms with van der Waals surface area (Å²) in [5.74, 6) is 0.234. The van der Waals surface area contributed by atoms with Crippen molar-refractivity contribution in [2.45, 2.75) is 11.4 Å². The molecule has 44 heavy (non-hydrogen) atoms. The lowest BCUT2D eigenvalue weighted by atomic mass is 10.0. The van der Waals surface area contributed by atoms with Crippen molar-refractivity contribution in [3.8, 4) is 6.07 Å². The molecule has 1 fully saturated rings. The van der Waals surface area contributed by atoms with Gasteiger partial charge in [0.05, 0.1) is 16.9 Å². The van der Waals surface area contributed by atoms with Crippen molar-refractivity contribution in [2.75, 3.05) is 48.4 Å². The minimum absolute atomic E-state index is 0.0884. The van der Waals surface area contributed by atoms with Gasteiger partial charge in [0.15, 0.2) is 10.8 Å². The fourth-order valence-corrected chi connectivity index (χ4v) is 7.52. The quantitative estimate of drug-likeness (QED) is 0.0781. The van der Waals surface area contributed by atoms with E-state index < -0.39 is 29.2 Å². The van der Waals surface area contributed by atoms with Gasteiger partial charge in [-0.25, -0.2) is 14.8 Å². The third-order valence-electron chi connectivity index (χ3n) is 6.45. The molecule has 19 heteroatoms. The number of nitriles is 1. The largest absolute Gasteiger partial charge is 0.477 e. The number of aliphatic carboxylic acids is 1. The first-order valence-electron chi connectivity index (χ1n) is 13.1. The molecule has 0 saturated carbocycles. The van der Waals surface area contributed by atoms with E-state index in [1.807, 2.05) is 40.5 Å². The summed E-state index contributed by atoms with van der Waals surface area (Å²) in [5.41, 5.74) is 15.1. The number of carboxylic acids is 1. The number of rotatable bonds is 14. The summed E-state index contributed by atoms with van der Waals surface area (Å²) >= 11 is 5.43. The molecular formula is C25H28N10O5S4.